The van der Waals surface area contributed by atoms with Gasteiger partial charge in [0, 0.05) is 19.0 Å². The number of urea groups is 1. The molecule has 0 radical (unpaired) electrons. The molecule has 1 heterocycles. The molecule has 0 spiro atoms. The second kappa shape index (κ2) is 8.15. The average Bonchev–Trinajstić information content (AvgIpc) is 2.99. The minimum absolute atomic E-state index is 0.113. The van der Waals surface area contributed by atoms with Gasteiger partial charge < -0.3 is 15.1 Å². The van der Waals surface area contributed by atoms with E-state index in [2.05, 4.69) is 22.8 Å². The highest BCUT2D eigenvalue weighted by molar-refractivity contribution is 5.74. The van der Waals surface area contributed by atoms with E-state index in [1.807, 2.05) is 37.3 Å². The van der Waals surface area contributed by atoms with Crippen LogP contribution in [0, 0.1) is 0 Å². The molecule has 0 saturated carbocycles. The predicted octanol–water partition coefficient (Wildman–Crippen LogP) is 3.14. The topological polar surface area (TPSA) is 54.3 Å². The van der Waals surface area contributed by atoms with Crippen molar-refractivity contribution in [1.29, 1.82) is 0 Å². The lowest BCUT2D eigenvalue weighted by Gasteiger charge is -2.14. The smallest absolute Gasteiger partial charge is 0.315 e. The number of benzene rings is 1. The molecular weight excluding hydrogens is 264 g/mol. The third kappa shape index (κ3) is 5.73. The van der Waals surface area contributed by atoms with Gasteiger partial charge in [0.2, 0.25) is 0 Å². The van der Waals surface area contributed by atoms with Gasteiger partial charge in [-0.15, -0.1) is 0 Å². The van der Waals surface area contributed by atoms with Crippen LogP contribution in [-0.2, 0) is 12.8 Å². The predicted molar refractivity (Wildman–Crippen MR) is 83.2 cm³/mol. The maximum atomic E-state index is 11.8. The van der Waals surface area contributed by atoms with Crippen molar-refractivity contribution in [3.05, 3.63) is 60.1 Å². The van der Waals surface area contributed by atoms with E-state index in [-0.39, 0.29) is 12.1 Å². The molecule has 0 unspecified atom stereocenters. The van der Waals surface area contributed by atoms with Gasteiger partial charge in [0.05, 0.1) is 6.26 Å². The van der Waals surface area contributed by atoms with Crippen LogP contribution in [0.2, 0.25) is 0 Å². The first-order chi connectivity index (χ1) is 10.2. The van der Waals surface area contributed by atoms with Crippen molar-refractivity contribution in [3.8, 4) is 0 Å². The van der Waals surface area contributed by atoms with Gasteiger partial charge in [-0.05, 0) is 37.5 Å². The van der Waals surface area contributed by atoms with E-state index >= 15 is 0 Å². The Labute approximate surface area is 125 Å². The van der Waals surface area contributed by atoms with Crippen molar-refractivity contribution in [2.24, 2.45) is 0 Å². The van der Waals surface area contributed by atoms with Gasteiger partial charge in [-0.25, -0.2) is 4.79 Å². The molecule has 4 nitrogen and oxygen atoms in total. The summed E-state index contributed by atoms with van der Waals surface area (Å²) in [7, 11) is 0. The Kier molecular flexibility index (Phi) is 5.88. The van der Waals surface area contributed by atoms with Crippen LogP contribution in [0.1, 0.15) is 24.7 Å². The number of rotatable bonds is 7. The zero-order valence-electron chi connectivity index (χ0n) is 12.3. The number of aryl methyl sites for hydroxylation is 1. The summed E-state index contributed by atoms with van der Waals surface area (Å²) in [4.78, 5) is 11.8. The zero-order valence-corrected chi connectivity index (χ0v) is 12.3. The molecule has 2 amide bonds. The van der Waals surface area contributed by atoms with Gasteiger partial charge in [0.15, 0.2) is 0 Å². The molecule has 0 saturated heterocycles. The van der Waals surface area contributed by atoms with Crippen LogP contribution in [0.4, 0.5) is 4.79 Å². The van der Waals surface area contributed by atoms with E-state index in [4.69, 9.17) is 4.42 Å². The number of amides is 2. The highest BCUT2D eigenvalue weighted by Crippen LogP contribution is 2.05. The monoisotopic (exact) mass is 286 g/mol. The number of carbonyl (C=O) groups is 1. The first kappa shape index (κ1) is 15.2. The normalized spacial score (nSPS) is 11.9. The van der Waals surface area contributed by atoms with Gasteiger partial charge in [0.25, 0.3) is 0 Å². The van der Waals surface area contributed by atoms with E-state index in [1.165, 1.54) is 5.56 Å². The molecule has 0 fully saturated rings. The van der Waals surface area contributed by atoms with E-state index < -0.39 is 0 Å². The molecule has 4 heteroatoms. The first-order valence-corrected chi connectivity index (χ1v) is 7.34. The van der Waals surface area contributed by atoms with Crippen molar-refractivity contribution >= 4 is 6.03 Å². The molecule has 0 bridgehead atoms. The van der Waals surface area contributed by atoms with Crippen molar-refractivity contribution in [1.82, 2.24) is 10.6 Å². The van der Waals surface area contributed by atoms with E-state index in [1.54, 1.807) is 6.26 Å². The zero-order chi connectivity index (χ0) is 14.9. The Morgan fingerprint density at radius 2 is 1.95 bits per heavy atom. The summed E-state index contributed by atoms with van der Waals surface area (Å²) in [5.74, 6) is 0.952. The third-order valence-corrected chi connectivity index (χ3v) is 3.32. The molecular formula is C17H22N2O2. The number of furan rings is 1. The molecule has 0 aliphatic rings. The van der Waals surface area contributed by atoms with Gasteiger partial charge in [-0.2, -0.15) is 0 Å². The minimum atomic E-state index is -0.113. The summed E-state index contributed by atoms with van der Waals surface area (Å²) >= 11 is 0. The molecule has 21 heavy (non-hydrogen) atoms. The number of hydrogen-bond acceptors (Lipinski definition) is 2. The SMILES string of the molecule is C[C@H](CCc1ccco1)NC(=O)NCCc1ccccc1. The quantitative estimate of drug-likeness (QED) is 0.821. The van der Waals surface area contributed by atoms with Crippen molar-refractivity contribution < 1.29 is 9.21 Å². The lowest BCUT2D eigenvalue weighted by Crippen LogP contribution is -2.41. The third-order valence-electron chi connectivity index (χ3n) is 3.32. The fraction of sp³-hybridized carbons (Fsp3) is 0.353. The van der Waals surface area contributed by atoms with Crippen LogP contribution < -0.4 is 10.6 Å². The molecule has 112 valence electrons. The van der Waals surface area contributed by atoms with Crippen LogP contribution in [-0.4, -0.2) is 18.6 Å². The maximum Gasteiger partial charge on any atom is 0.315 e. The van der Waals surface area contributed by atoms with Gasteiger partial charge in [0.1, 0.15) is 5.76 Å². The Morgan fingerprint density at radius 3 is 2.67 bits per heavy atom. The average molecular weight is 286 g/mol. The standard InChI is InChI=1S/C17H22N2O2/c1-14(9-10-16-8-5-13-21-16)19-17(20)18-12-11-15-6-3-2-4-7-15/h2-8,13-14H,9-12H2,1H3,(H2,18,19,20)/t14-/m1/s1. The van der Waals surface area contributed by atoms with Crippen LogP contribution in [0.15, 0.2) is 53.1 Å². The molecule has 0 aliphatic carbocycles. The van der Waals surface area contributed by atoms with Crippen molar-refractivity contribution in [2.45, 2.75) is 32.2 Å². The Morgan fingerprint density at radius 1 is 1.14 bits per heavy atom. The first-order valence-electron chi connectivity index (χ1n) is 7.34. The summed E-state index contributed by atoms with van der Waals surface area (Å²) in [5.41, 5.74) is 1.23. The summed E-state index contributed by atoms with van der Waals surface area (Å²) in [6, 6.07) is 14.0. The van der Waals surface area contributed by atoms with Crippen LogP contribution in [0.25, 0.3) is 0 Å². The molecule has 2 N–H and O–H groups in total. The minimum Gasteiger partial charge on any atom is -0.469 e. The largest absolute Gasteiger partial charge is 0.469 e. The second-order valence-corrected chi connectivity index (χ2v) is 5.15. The maximum absolute atomic E-state index is 11.8. The Bertz CT molecular complexity index is 523. The molecule has 1 aromatic heterocycles. The lowest BCUT2D eigenvalue weighted by molar-refractivity contribution is 0.237. The summed E-state index contributed by atoms with van der Waals surface area (Å²) in [5, 5.41) is 5.82. The highest BCUT2D eigenvalue weighted by atomic mass is 16.3. The summed E-state index contributed by atoms with van der Waals surface area (Å²) < 4.78 is 5.27. The van der Waals surface area contributed by atoms with Crippen LogP contribution in [0.3, 0.4) is 0 Å². The number of carbonyl (C=O) groups excluding carboxylic acids is 1. The molecule has 2 aromatic rings. The van der Waals surface area contributed by atoms with Crippen molar-refractivity contribution in [3.63, 3.8) is 0 Å². The second-order valence-electron chi connectivity index (χ2n) is 5.15. The highest BCUT2D eigenvalue weighted by Gasteiger charge is 2.07. The summed E-state index contributed by atoms with van der Waals surface area (Å²) in [6.45, 7) is 2.64. The number of hydrogen-bond donors (Lipinski definition) is 2. The van der Waals surface area contributed by atoms with Crippen LogP contribution >= 0.6 is 0 Å². The van der Waals surface area contributed by atoms with Gasteiger partial charge in [-0.1, -0.05) is 30.3 Å². The lowest BCUT2D eigenvalue weighted by atomic mass is 10.1. The Balaban J connectivity index is 1.60. The Hall–Kier alpha value is -2.23. The van der Waals surface area contributed by atoms with Crippen molar-refractivity contribution in [2.75, 3.05) is 6.54 Å². The van der Waals surface area contributed by atoms with E-state index in [0.29, 0.717) is 6.54 Å². The van der Waals surface area contributed by atoms with Gasteiger partial charge >= 0.3 is 6.03 Å². The summed E-state index contributed by atoms with van der Waals surface area (Å²) in [6.07, 6.45) is 4.21. The number of nitrogens with one attached hydrogen (secondary N) is 2. The molecule has 2 rings (SSSR count). The molecule has 1 aromatic carbocycles. The molecule has 1 atom stereocenters. The fourth-order valence-electron chi connectivity index (χ4n) is 2.13. The molecule has 0 aliphatic heterocycles. The fourth-order valence-corrected chi connectivity index (χ4v) is 2.13. The van der Waals surface area contributed by atoms with Gasteiger partial charge in [-0.3, -0.25) is 0 Å². The van der Waals surface area contributed by atoms with E-state index in [9.17, 15) is 4.79 Å². The van der Waals surface area contributed by atoms with E-state index in [0.717, 1.165) is 25.0 Å². The van der Waals surface area contributed by atoms with Crippen LogP contribution in [0.5, 0.6) is 0 Å².